The maximum atomic E-state index is 12.6. The highest BCUT2D eigenvalue weighted by atomic mass is 127. The number of benzene rings is 1. The molecule has 0 saturated heterocycles. The van der Waals surface area contributed by atoms with Crippen molar-refractivity contribution in [2.24, 2.45) is 0 Å². The zero-order valence-corrected chi connectivity index (χ0v) is 12.7. The number of hydrogen-bond acceptors (Lipinski definition) is 2. The summed E-state index contributed by atoms with van der Waals surface area (Å²) in [6.45, 7) is 1.01. The third kappa shape index (κ3) is 4.98. The minimum atomic E-state index is -4.44. The van der Waals surface area contributed by atoms with Gasteiger partial charge in [-0.05, 0) is 54.9 Å². The Balaban J connectivity index is 2.84. The van der Waals surface area contributed by atoms with Gasteiger partial charge in [-0.15, -0.1) is 0 Å². The van der Waals surface area contributed by atoms with Crippen LogP contribution in [-0.4, -0.2) is 38.0 Å². The first-order valence-electron chi connectivity index (χ1n) is 5.51. The van der Waals surface area contributed by atoms with Gasteiger partial charge in [0.2, 0.25) is 0 Å². The molecule has 7 heteroatoms. The number of nitrogens with one attached hydrogen (secondary N) is 1. The summed E-state index contributed by atoms with van der Waals surface area (Å²) in [5, 5.41) is 2.60. The first kappa shape index (κ1) is 16.2. The Labute approximate surface area is 123 Å². The lowest BCUT2D eigenvalue weighted by atomic mass is 10.1. The largest absolute Gasteiger partial charge is 0.416 e. The lowest BCUT2D eigenvalue weighted by molar-refractivity contribution is -0.137. The molecule has 0 heterocycles. The van der Waals surface area contributed by atoms with Crippen LogP contribution in [0.2, 0.25) is 0 Å². The Morgan fingerprint density at radius 1 is 1.37 bits per heavy atom. The van der Waals surface area contributed by atoms with Crippen molar-refractivity contribution >= 4 is 28.5 Å². The summed E-state index contributed by atoms with van der Waals surface area (Å²) in [5.74, 6) is -0.489. The van der Waals surface area contributed by atoms with E-state index in [0.717, 1.165) is 12.1 Å². The van der Waals surface area contributed by atoms with Gasteiger partial charge in [0.15, 0.2) is 0 Å². The highest BCUT2D eigenvalue weighted by Crippen LogP contribution is 2.30. The van der Waals surface area contributed by atoms with Gasteiger partial charge in [0.05, 0.1) is 11.1 Å². The number of carbonyl (C=O) groups is 1. The van der Waals surface area contributed by atoms with Crippen molar-refractivity contribution in [3.63, 3.8) is 0 Å². The van der Waals surface area contributed by atoms with Gasteiger partial charge in [0, 0.05) is 16.7 Å². The van der Waals surface area contributed by atoms with Crippen LogP contribution in [0.1, 0.15) is 15.9 Å². The van der Waals surface area contributed by atoms with E-state index >= 15 is 0 Å². The van der Waals surface area contributed by atoms with Gasteiger partial charge in [-0.1, -0.05) is 0 Å². The van der Waals surface area contributed by atoms with Gasteiger partial charge in [0.1, 0.15) is 0 Å². The van der Waals surface area contributed by atoms with Crippen LogP contribution in [0.25, 0.3) is 0 Å². The fourth-order valence-electron chi connectivity index (χ4n) is 1.36. The molecule has 0 aliphatic rings. The van der Waals surface area contributed by atoms with Crippen molar-refractivity contribution in [1.29, 1.82) is 0 Å². The molecule has 0 aliphatic carbocycles. The zero-order valence-electron chi connectivity index (χ0n) is 10.5. The molecule has 0 fully saturated rings. The van der Waals surface area contributed by atoms with Crippen LogP contribution < -0.4 is 5.32 Å². The predicted octanol–water partition coefficient (Wildman–Crippen LogP) is 2.60. The number of nitrogens with zero attached hydrogens (tertiary/aromatic N) is 1. The van der Waals surface area contributed by atoms with E-state index in [1.54, 1.807) is 0 Å². The lowest BCUT2D eigenvalue weighted by Gasteiger charge is -2.13. The average Bonchev–Trinajstić information content (AvgIpc) is 2.27. The maximum absolute atomic E-state index is 12.6. The summed E-state index contributed by atoms with van der Waals surface area (Å²) in [4.78, 5) is 13.7. The maximum Gasteiger partial charge on any atom is 0.416 e. The molecule has 1 aromatic rings. The molecule has 0 aliphatic heterocycles. The molecule has 3 nitrogen and oxygen atoms in total. The van der Waals surface area contributed by atoms with Crippen LogP contribution in [0.3, 0.4) is 0 Å². The van der Waals surface area contributed by atoms with Crippen LogP contribution in [-0.2, 0) is 6.18 Å². The molecular weight excluding hydrogens is 372 g/mol. The van der Waals surface area contributed by atoms with E-state index in [4.69, 9.17) is 0 Å². The number of halogens is 4. The smallest absolute Gasteiger partial charge is 0.351 e. The van der Waals surface area contributed by atoms with Gasteiger partial charge in [0.25, 0.3) is 5.91 Å². The normalized spacial score (nSPS) is 11.7. The number of likely N-dealkylation sites (N-methyl/N-ethyl adjacent to an activating group) is 1. The molecule has 1 rings (SSSR count). The highest BCUT2D eigenvalue weighted by Gasteiger charge is 2.31. The first-order valence-corrected chi connectivity index (χ1v) is 6.59. The third-order valence-corrected chi connectivity index (χ3v) is 3.32. The third-order valence-electron chi connectivity index (χ3n) is 2.38. The molecule has 1 N–H and O–H groups in total. The van der Waals surface area contributed by atoms with Crippen molar-refractivity contribution in [1.82, 2.24) is 10.2 Å². The van der Waals surface area contributed by atoms with E-state index in [1.165, 1.54) is 6.07 Å². The number of hydrogen-bond donors (Lipinski definition) is 1. The fourth-order valence-corrected chi connectivity index (χ4v) is 1.94. The second-order valence-corrected chi connectivity index (χ2v) is 5.41. The molecule has 0 aromatic heterocycles. The summed E-state index contributed by atoms with van der Waals surface area (Å²) >= 11 is 1.85. The standard InChI is InChI=1S/C12H14F3IN2O/c1-18(2)6-5-17-11(19)9-7-8(12(13,14)15)3-4-10(9)16/h3-4,7H,5-6H2,1-2H3,(H,17,19). The molecule has 0 radical (unpaired) electrons. The van der Waals surface area contributed by atoms with Crippen molar-refractivity contribution in [3.05, 3.63) is 32.9 Å². The van der Waals surface area contributed by atoms with E-state index < -0.39 is 17.6 Å². The number of rotatable bonds is 4. The Kier molecular flexibility index (Phi) is 5.60. The summed E-state index contributed by atoms with van der Waals surface area (Å²) in [6.07, 6.45) is -4.44. The molecule has 1 aromatic carbocycles. The first-order chi connectivity index (χ1) is 8.71. The molecule has 0 unspecified atom stereocenters. The molecule has 1 amide bonds. The van der Waals surface area contributed by atoms with Gasteiger partial charge < -0.3 is 10.2 Å². The van der Waals surface area contributed by atoms with Crippen LogP contribution in [0.5, 0.6) is 0 Å². The van der Waals surface area contributed by atoms with E-state index in [-0.39, 0.29) is 5.56 Å². The lowest BCUT2D eigenvalue weighted by Crippen LogP contribution is -2.31. The van der Waals surface area contributed by atoms with Gasteiger partial charge in [-0.3, -0.25) is 4.79 Å². The minimum absolute atomic E-state index is 0.0502. The number of amides is 1. The Bertz CT molecular complexity index is 461. The Morgan fingerprint density at radius 3 is 2.53 bits per heavy atom. The average molecular weight is 386 g/mol. The second kappa shape index (κ2) is 6.56. The monoisotopic (exact) mass is 386 g/mol. The SMILES string of the molecule is CN(C)CCNC(=O)c1cc(C(F)(F)F)ccc1I. The van der Waals surface area contributed by atoms with Gasteiger partial charge in [-0.2, -0.15) is 13.2 Å². The summed E-state index contributed by atoms with van der Waals surface area (Å²) in [6, 6.07) is 3.15. The van der Waals surface area contributed by atoms with Gasteiger partial charge in [-0.25, -0.2) is 0 Å². The van der Waals surface area contributed by atoms with Crippen LogP contribution in [0.15, 0.2) is 18.2 Å². The molecule has 0 saturated carbocycles. The van der Waals surface area contributed by atoms with Crippen molar-refractivity contribution in [2.75, 3.05) is 27.2 Å². The van der Waals surface area contributed by atoms with E-state index in [0.29, 0.717) is 16.7 Å². The van der Waals surface area contributed by atoms with E-state index in [9.17, 15) is 18.0 Å². The van der Waals surface area contributed by atoms with Crippen LogP contribution in [0.4, 0.5) is 13.2 Å². The Hall–Kier alpha value is -0.830. The predicted molar refractivity (Wildman–Crippen MR) is 75.0 cm³/mol. The molecule has 19 heavy (non-hydrogen) atoms. The van der Waals surface area contributed by atoms with E-state index in [2.05, 4.69) is 5.32 Å². The van der Waals surface area contributed by atoms with Crippen LogP contribution >= 0.6 is 22.6 Å². The number of alkyl halides is 3. The minimum Gasteiger partial charge on any atom is -0.351 e. The molecule has 106 valence electrons. The molecular formula is C12H14F3IN2O. The molecule has 0 spiro atoms. The Morgan fingerprint density at radius 2 is 2.00 bits per heavy atom. The summed E-state index contributed by atoms with van der Waals surface area (Å²) in [7, 11) is 3.69. The van der Waals surface area contributed by atoms with Crippen molar-refractivity contribution in [3.8, 4) is 0 Å². The summed E-state index contributed by atoms with van der Waals surface area (Å²) < 4.78 is 38.2. The summed E-state index contributed by atoms with van der Waals surface area (Å²) in [5.41, 5.74) is -0.764. The van der Waals surface area contributed by atoms with Crippen molar-refractivity contribution < 1.29 is 18.0 Å². The molecule has 0 atom stereocenters. The van der Waals surface area contributed by atoms with Crippen molar-refractivity contribution in [2.45, 2.75) is 6.18 Å². The topological polar surface area (TPSA) is 32.3 Å². The van der Waals surface area contributed by atoms with E-state index in [1.807, 2.05) is 41.6 Å². The highest BCUT2D eigenvalue weighted by molar-refractivity contribution is 14.1. The zero-order chi connectivity index (χ0) is 14.6. The van der Waals surface area contributed by atoms with Crippen LogP contribution in [0, 0.1) is 3.57 Å². The van der Waals surface area contributed by atoms with Gasteiger partial charge >= 0.3 is 6.18 Å². The number of carbonyl (C=O) groups excluding carboxylic acids is 1. The quantitative estimate of drug-likeness (QED) is 0.808. The second-order valence-electron chi connectivity index (χ2n) is 4.25. The molecule has 0 bridgehead atoms. The fraction of sp³-hybridized carbons (Fsp3) is 0.417.